The van der Waals surface area contributed by atoms with Crippen LogP contribution in [-0.4, -0.2) is 18.2 Å². The molecule has 0 amide bonds. The number of hydrogen-bond donors (Lipinski definition) is 1. The van der Waals surface area contributed by atoms with Gasteiger partial charge >= 0.3 is 0 Å². The number of para-hydroxylation sites is 1. The average Bonchev–Trinajstić information content (AvgIpc) is 2.62. The molecule has 1 N–H and O–H groups in total. The summed E-state index contributed by atoms with van der Waals surface area (Å²) in [5.74, 6) is 0.829. The van der Waals surface area contributed by atoms with Crippen molar-refractivity contribution >= 4 is 11.6 Å². The van der Waals surface area contributed by atoms with E-state index in [1.54, 1.807) is 0 Å². The summed E-state index contributed by atoms with van der Waals surface area (Å²) in [6.45, 7) is 0. The van der Waals surface area contributed by atoms with Gasteiger partial charge in [-0.05, 0) is 37.8 Å². The SMILES string of the molecule is Clc1ccccc1O[C@H]1C[C@H]2CC[C@@H](C1)N2. The number of piperidine rings is 1. The number of benzene rings is 1. The highest BCUT2D eigenvalue weighted by molar-refractivity contribution is 6.32. The first kappa shape index (κ1) is 10.4. The van der Waals surface area contributed by atoms with Crippen LogP contribution in [0, 0.1) is 0 Å². The maximum Gasteiger partial charge on any atom is 0.138 e. The number of fused-ring (bicyclic) bond motifs is 2. The maximum absolute atomic E-state index is 6.09. The molecule has 86 valence electrons. The molecule has 3 atom stereocenters. The zero-order valence-corrected chi connectivity index (χ0v) is 9.91. The average molecular weight is 238 g/mol. The minimum Gasteiger partial charge on any atom is -0.489 e. The lowest BCUT2D eigenvalue weighted by atomic mass is 10.0. The van der Waals surface area contributed by atoms with Gasteiger partial charge in [-0.25, -0.2) is 0 Å². The van der Waals surface area contributed by atoms with Crippen molar-refractivity contribution < 1.29 is 4.74 Å². The number of ether oxygens (including phenoxy) is 1. The molecule has 0 spiro atoms. The quantitative estimate of drug-likeness (QED) is 0.854. The summed E-state index contributed by atoms with van der Waals surface area (Å²) in [6.07, 6.45) is 5.16. The van der Waals surface area contributed by atoms with Crippen molar-refractivity contribution in [3.63, 3.8) is 0 Å². The van der Waals surface area contributed by atoms with Gasteiger partial charge in [0.05, 0.1) is 5.02 Å². The Bertz CT molecular complexity index is 370. The molecule has 2 fully saturated rings. The lowest BCUT2D eigenvalue weighted by Crippen LogP contribution is -2.42. The highest BCUT2D eigenvalue weighted by Crippen LogP contribution is 2.32. The van der Waals surface area contributed by atoms with E-state index < -0.39 is 0 Å². The van der Waals surface area contributed by atoms with E-state index in [2.05, 4.69) is 5.32 Å². The molecule has 0 aliphatic carbocycles. The van der Waals surface area contributed by atoms with Gasteiger partial charge in [0.15, 0.2) is 0 Å². The van der Waals surface area contributed by atoms with Gasteiger partial charge in [-0.15, -0.1) is 0 Å². The van der Waals surface area contributed by atoms with Crippen LogP contribution in [0.2, 0.25) is 5.02 Å². The first-order valence-electron chi connectivity index (χ1n) is 5.98. The lowest BCUT2D eigenvalue weighted by molar-refractivity contribution is 0.137. The molecular weight excluding hydrogens is 222 g/mol. The van der Waals surface area contributed by atoms with Crippen LogP contribution in [0.5, 0.6) is 5.75 Å². The standard InChI is InChI=1S/C13H16ClNO/c14-12-3-1-2-4-13(12)16-11-7-9-5-6-10(8-11)15-9/h1-4,9-11,15H,5-8H2/t9-,10+,11+. The van der Waals surface area contributed by atoms with Crippen molar-refractivity contribution in [3.05, 3.63) is 29.3 Å². The van der Waals surface area contributed by atoms with Crippen molar-refractivity contribution in [2.24, 2.45) is 0 Å². The summed E-state index contributed by atoms with van der Waals surface area (Å²) in [4.78, 5) is 0. The summed E-state index contributed by atoms with van der Waals surface area (Å²) in [5.41, 5.74) is 0. The second-order valence-corrected chi connectivity index (χ2v) is 5.19. The summed E-state index contributed by atoms with van der Waals surface area (Å²) in [6, 6.07) is 9.05. The Morgan fingerprint density at radius 2 is 1.81 bits per heavy atom. The third-order valence-corrected chi connectivity index (χ3v) is 3.87. The van der Waals surface area contributed by atoms with Crippen LogP contribution in [0.15, 0.2) is 24.3 Å². The molecule has 1 aromatic carbocycles. The smallest absolute Gasteiger partial charge is 0.138 e. The van der Waals surface area contributed by atoms with E-state index in [1.807, 2.05) is 24.3 Å². The van der Waals surface area contributed by atoms with Gasteiger partial charge in [0, 0.05) is 12.1 Å². The molecule has 0 aromatic heterocycles. The minimum atomic E-state index is 0.332. The van der Waals surface area contributed by atoms with Gasteiger partial charge in [0.2, 0.25) is 0 Å². The Hall–Kier alpha value is -0.730. The molecule has 3 heteroatoms. The van der Waals surface area contributed by atoms with Crippen molar-refractivity contribution in [2.45, 2.75) is 43.9 Å². The van der Waals surface area contributed by atoms with Crippen LogP contribution in [0.4, 0.5) is 0 Å². The van der Waals surface area contributed by atoms with Crippen molar-refractivity contribution in [1.29, 1.82) is 0 Å². The molecule has 1 aromatic rings. The van der Waals surface area contributed by atoms with Crippen molar-refractivity contribution in [1.82, 2.24) is 5.32 Å². The molecule has 0 radical (unpaired) electrons. The number of rotatable bonds is 2. The fraction of sp³-hybridized carbons (Fsp3) is 0.538. The Labute approximate surface area is 101 Å². The summed E-state index contributed by atoms with van der Waals surface area (Å²) < 4.78 is 5.99. The predicted octanol–water partition coefficient (Wildman–Crippen LogP) is 3.00. The molecule has 2 heterocycles. The molecule has 2 bridgehead atoms. The largest absolute Gasteiger partial charge is 0.489 e. The van der Waals surface area contributed by atoms with E-state index in [0.29, 0.717) is 23.2 Å². The number of halogens is 1. The van der Waals surface area contributed by atoms with Crippen molar-refractivity contribution in [2.75, 3.05) is 0 Å². The summed E-state index contributed by atoms with van der Waals surface area (Å²) in [5, 5.41) is 4.32. The predicted molar refractivity (Wildman–Crippen MR) is 65.0 cm³/mol. The van der Waals surface area contributed by atoms with Gasteiger partial charge in [-0.3, -0.25) is 0 Å². The zero-order chi connectivity index (χ0) is 11.0. The molecular formula is C13H16ClNO. The van der Waals surface area contributed by atoms with Gasteiger partial charge in [0.25, 0.3) is 0 Å². The Morgan fingerprint density at radius 3 is 2.50 bits per heavy atom. The highest BCUT2D eigenvalue weighted by Gasteiger charge is 2.34. The normalized spacial score (nSPS) is 32.7. The monoisotopic (exact) mass is 237 g/mol. The molecule has 16 heavy (non-hydrogen) atoms. The summed E-state index contributed by atoms with van der Waals surface area (Å²) >= 11 is 6.09. The van der Waals surface area contributed by atoms with Crippen LogP contribution in [0.1, 0.15) is 25.7 Å². The van der Waals surface area contributed by atoms with Crippen molar-refractivity contribution in [3.8, 4) is 5.75 Å². The van der Waals surface area contributed by atoms with Crippen LogP contribution < -0.4 is 10.1 Å². The maximum atomic E-state index is 6.09. The minimum absolute atomic E-state index is 0.332. The first-order chi connectivity index (χ1) is 7.81. The fourth-order valence-electron chi connectivity index (χ4n) is 2.82. The van der Waals surface area contributed by atoms with Crippen LogP contribution >= 0.6 is 11.6 Å². The van der Waals surface area contributed by atoms with Crippen LogP contribution in [0.25, 0.3) is 0 Å². The Morgan fingerprint density at radius 1 is 1.12 bits per heavy atom. The molecule has 0 saturated carbocycles. The van der Waals surface area contributed by atoms with E-state index >= 15 is 0 Å². The van der Waals surface area contributed by atoms with Gasteiger partial charge in [0.1, 0.15) is 11.9 Å². The highest BCUT2D eigenvalue weighted by atomic mass is 35.5. The van der Waals surface area contributed by atoms with E-state index in [9.17, 15) is 0 Å². The van der Waals surface area contributed by atoms with Crippen LogP contribution in [0.3, 0.4) is 0 Å². The second-order valence-electron chi connectivity index (χ2n) is 4.78. The molecule has 2 nitrogen and oxygen atoms in total. The molecule has 2 aliphatic heterocycles. The van der Waals surface area contributed by atoms with E-state index in [4.69, 9.17) is 16.3 Å². The lowest BCUT2D eigenvalue weighted by Gasteiger charge is -2.29. The Kier molecular flexibility index (Phi) is 2.78. The van der Waals surface area contributed by atoms with E-state index in [1.165, 1.54) is 12.8 Å². The third-order valence-electron chi connectivity index (χ3n) is 3.56. The number of nitrogens with one attached hydrogen (secondary N) is 1. The second kappa shape index (κ2) is 4.27. The molecule has 3 rings (SSSR count). The fourth-order valence-corrected chi connectivity index (χ4v) is 3.00. The van der Waals surface area contributed by atoms with Gasteiger partial charge in [-0.1, -0.05) is 23.7 Å². The Balaban J connectivity index is 1.69. The molecule has 2 aliphatic rings. The topological polar surface area (TPSA) is 21.3 Å². The van der Waals surface area contributed by atoms with E-state index in [0.717, 1.165) is 18.6 Å². The van der Waals surface area contributed by atoms with Crippen LogP contribution in [-0.2, 0) is 0 Å². The van der Waals surface area contributed by atoms with Gasteiger partial charge in [-0.2, -0.15) is 0 Å². The van der Waals surface area contributed by atoms with E-state index in [-0.39, 0.29) is 0 Å². The number of hydrogen-bond acceptors (Lipinski definition) is 2. The summed E-state index contributed by atoms with van der Waals surface area (Å²) in [7, 11) is 0. The molecule has 2 saturated heterocycles. The zero-order valence-electron chi connectivity index (χ0n) is 9.16. The first-order valence-corrected chi connectivity index (χ1v) is 6.36. The molecule has 0 unspecified atom stereocenters. The third kappa shape index (κ3) is 2.04. The van der Waals surface area contributed by atoms with Gasteiger partial charge < -0.3 is 10.1 Å².